The normalized spacial score (nSPS) is 10.1. The Bertz CT molecular complexity index is 334. The van der Waals surface area contributed by atoms with E-state index in [1.807, 2.05) is 13.8 Å². The summed E-state index contributed by atoms with van der Waals surface area (Å²) in [6.07, 6.45) is 0. The number of benzene rings is 1. The van der Waals surface area contributed by atoms with E-state index >= 15 is 0 Å². The summed E-state index contributed by atoms with van der Waals surface area (Å²) in [7, 11) is 0. The summed E-state index contributed by atoms with van der Waals surface area (Å²) in [5.74, 6) is 0.216. The Hall–Kier alpha value is -1.58. The summed E-state index contributed by atoms with van der Waals surface area (Å²) in [6, 6.07) is 4.68. The molecule has 4 heteroatoms. The summed E-state index contributed by atoms with van der Waals surface area (Å²) >= 11 is 0. The van der Waals surface area contributed by atoms with E-state index in [2.05, 4.69) is 10.4 Å². The highest BCUT2D eigenvalue weighted by atomic mass is 16.3. The van der Waals surface area contributed by atoms with Crippen molar-refractivity contribution in [3.63, 3.8) is 0 Å². The SMILES string of the molecule is CC(C)c1ccc(N=O)cc1N=O. The van der Waals surface area contributed by atoms with Gasteiger partial charge in [0.2, 0.25) is 0 Å². The molecule has 13 heavy (non-hydrogen) atoms. The predicted molar refractivity (Wildman–Crippen MR) is 51.4 cm³/mol. The Morgan fingerprint density at radius 1 is 1.15 bits per heavy atom. The van der Waals surface area contributed by atoms with Gasteiger partial charge in [0.25, 0.3) is 0 Å². The topological polar surface area (TPSA) is 58.9 Å². The molecule has 1 aromatic carbocycles. The quantitative estimate of drug-likeness (QED) is 0.664. The summed E-state index contributed by atoms with van der Waals surface area (Å²) in [5, 5.41) is 5.58. The van der Waals surface area contributed by atoms with Crippen molar-refractivity contribution in [2.45, 2.75) is 19.8 Å². The summed E-state index contributed by atoms with van der Waals surface area (Å²) in [4.78, 5) is 20.6. The fourth-order valence-electron chi connectivity index (χ4n) is 1.16. The molecular formula is C9H10N2O2. The van der Waals surface area contributed by atoms with Gasteiger partial charge in [-0.25, -0.2) is 0 Å². The molecular weight excluding hydrogens is 168 g/mol. The highest BCUT2D eigenvalue weighted by molar-refractivity contribution is 5.56. The minimum atomic E-state index is 0.216. The Kier molecular flexibility index (Phi) is 2.84. The molecule has 0 bridgehead atoms. The van der Waals surface area contributed by atoms with Crippen LogP contribution in [0.4, 0.5) is 11.4 Å². The average molecular weight is 178 g/mol. The third kappa shape index (κ3) is 1.96. The lowest BCUT2D eigenvalue weighted by Gasteiger charge is -2.06. The molecule has 0 spiro atoms. The van der Waals surface area contributed by atoms with Crippen LogP contribution in [-0.2, 0) is 0 Å². The Morgan fingerprint density at radius 2 is 1.85 bits per heavy atom. The minimum absolute atomic E-state index is 0.216. The van der Waals surface area contributed by atoms with Crippen molar-refractivity contribution in [1.29, 1.82) is 0 Å². The molecule has 0 unspecified atom stereocenters. The number of nitrogens with zero attached hydrogens (tertiary/aromatic N) is 2. The van der Waals surface area contributed by atoms with Crippen molar-refractivity contribution in [3.05, 3.63) is 33.6 Å². The van der Waals surface area contributed by atoms with E-state index in [0.717, 1.165) is 5.56 Å². The van der Waals surface area contributed by atoms with Gasteiger partial charge in [0.1, 0.15) is 11.4 Å². The van der Waals surface area contributed by atoms with E-state index in [-0.39, 0.29) is 11.6 Å². The average Bonchev–Trinajstić information content (AvgIpc) is 2.16. The fourth-order valence-corrected chi connectivity index (χ4v) is 1.16. The maximum Gasteiger partial charge on any atom is 0.113 e. The fraction of sp³-hybridized carbons (Fsp3) is 0.333. The molecule has 0 aliphatic carbocycles. The number of hydrogen-bond acceptors (Lipinski definition) is 4. The lowest BCUT2D eigenvalue weighted by Crippen LogP contribution is -1.86. The Morgan fingerprint density at radius 3 is 2.31 bits per heavy atom. The molecule has 0 saturated carbocycles. The first-order valence-electron chi connectivity index (χ1n) is 3.99. The van der Waals surface area contributed by atoms with Crippen molar-refractivity contribution < 1.29 is 0 Å². The van der Waals surface area contributed by atoms with Crippen LogP contribution in [0.1, 0.15) is 25.3 Å². The molecule has 0 N–H and O–H groups in total. The molecule has 1 rings (SSSR count). The van der Waals surface area contributed by atoms with Crippen LogP contribution in [0, 0.1) is 9.81 Å². The third-order valence-corrected chi connectivity index (χ3v) is 1.84. The van der Waals surface area contributed by atoms with Gasteiger partial charge < -0.3 is 0 Å². The summed E-state index contributed by atoms with van der Waals surface area (Å²) in [5.41, 5.74) is 1.37. The molecule has 0 saturated heterocycles. The Labute approximate surface area is 75.9 Å². The highest BCUT2D eigenvalue weighted by Crippen LogP contribution is 2.30. The predicted octanol–water partition coefficient (Wildman–Crippen LogP) is 3.61. The molecule has 0 aliphatic rings. The van der Waals surface area contributed by atoms with Crippen LogP contribution in [-0.4, -0.2) is 0 Å². The zero-order chi connectivity index (χ0) is 9.84. The molecule has 0 fully saturated rings. The van der Waals surface area contributed by atoms with E-state index in [0.29, 0.717) is 5.69 Å². The molecule has 0 aliphatic heterocycles. The van der Waals surface area contributed by atoms with Gasteiger partial charge in [-0.2, -0.15) is 0 Å². The van der Waals surface area contributed by atoms with E-state index in [1.54, 1.807) is 12.1 Å². The number of nitroso groups, excluding NO2 is 2. The van der Waals surface area contributed by atoms with Gasteiger partial charge in [-0.1, -0.05) is 19.9 Å². The minimum Gasteiger partial charge on any atom is -0.145 e. The maximum absolute atomic E-state index is 10.4. The van der Waals surface area contributed by atoms with E-state index < -0.39 is 0 Å². The van der Waals surface area contributed by atoms with Gasteiger partial charge in [0, 0.05) is 0 Å². The summed E-state index contributed by atoms with van der Waals surface area (Å²) < 4.78 is 0. The van der Waals surface area contributed by atoms with Gasteiger partial charge >= 0.3 is 0 Å². The smallest absolute Gasteiger partial charge is 0.113 e. The van der Waals surface area contributed by atoms with Gasteiger partial charge in [0.05, 0.1) is 0 Å². The Balaban J connectivity index is 3.23. The number of rotatable bonds is 3. The molecule has 0 radical (unpaired) electrons. The zero-order valence-electron chi connectivity index (χ0n) is 7.52. The van der Waals surface area contributed by atoms with Gasteiger partial charge in [-0.3, -0.25) is 0 Å². The molecule has 68 valence electrons. The van der Waals surface area contributed by atoms with Gasteiger partial charge in [-0.15, -0.1) is 9.81 Å². The van der Waals surface area contributed by atoms with E-state index in [9.17, 15) is 9.81 Å². The molecule has 4 nitrogen and oxygen atoms in total. The first-order chi connectivity index (χ1) is 6.19. The number of hydrogen-bond donors (Lipinski definition) is 0. The second-order valence-electron chi connectivity index (χ2n) is 3.08. The lowest BCUT2D eigenvalue weighted by atomic mass is 10.0. The first kappa shape index (κ1) is 9.51. The zero-order valence-corrected chi connectivity index (χ0v) is 7.52. The van der Waals surface area contributed by atoms with Crippen LogP contribution in [0.3, 0.4) is 0 Å². The molecule has 0 amide bonds. The second-order valence-corrected chi connectivity index (χ2v) is 3.08. The van der Waals surface area contributed by atoms with E-state index in [1.165, 1.54) is 6.07 Å². The van der Waals surface area contributed by atoms with E-state index in [4.69, 9.17) is 0 Å². The lowest BCUT2D eigenvalue weighted by molar-refractivity contribution is 0.866. The van der Waals surface area contributed by atoms with Crippen LogP contribution in [0.25, 0.3) is 0 Å². The van der Waals surface area contributed by atoms with Gasteiger partial charge in [-0.05, 0) is 34.0 Å². The van der Waals surface area contributed by atoms with Crippen molar-refractivity contribution in [2.75, 3.05) is 0 Å². The molecule has 0 aromatic heterocycles. The second kappa shape index (κ2) is 3.89. The van der Waals surface area contributed by atoms with Crippen LogP contribution >= 0.6 is 0 Å². The van der Waals surface area contributed by atoms with Crippen LogP contribution in [0.5, 0.6) is 0 Å². The summed E-state index contributed by atoms with van der Waals surface area (Å²) in [6.45, 7) is 3.91. The molecule has 0 atom stereocenters. The van der Waals surface area contributed by atoms with Crippen molar-refractivity contribution in [2.24, 2.45) is 10.4 Å². The standard InChI is InChI=1S/C9H10N2O2/c1-6(2)8-4-3-7(10-12)5-9(8)11-13/h3-6H,1-2H3. The third-order valence-electron chi connectivity index (χ3n) is 1.84. The van der Waals surface area contributed by atoms with Crippen LogP contribution in [0.15, 0.2) is 28.6 Å². The van der Waals surface area contributed by atoms with Crippen molar-refractivity contribution >= 4 is 11.4 Å². The molecule has 0 heterocycles. The van der Waals surface area contributed by atoms with Crippen molar-refractivity contribution in [3.8, 4) is 0 Å². The monoisotopic (exact) mass is 178 g/mol. The largest absolute Gasteiger partial charge is 0.145 e. The van der Waals surface area contributed by atoms with Crippen LogP contribution in [0.2, 0.25) is 0 Å². The first-order valence-corrected chi connectivity index (χ1v) is 3.99. The molecule has 1 aromatic rings. The van der Waals surface area contributed by atoms with Gasteiger partial charge in [0.15, 0.2) is 0 Å². The van der Waals surface area contributed by atoms with Crippen molar-refractivity contribution in [1.82, 2.24) is 0 Å². The maximum atomic E-state index is 10.4. The highest BCUT2D eigenvalue weighted by Gasteiger charge is 2.07. The van der Waals surface area contributed by atoms with Crippen LogP contribution < -0.4 is 0 Å².